The van der Waals surface area contributed by atoms with Crippen LogP contribution in [0.3, 0.4) is 0 Å². The van der Waals surface area contributed by atoms with E-state index in [1.807, 2.05) is 5.06 Å². The number of hydrogen-bond donors (Lipinski definition) is 0. The Kier molecular flexibility index (Phi) is 4.69. The van der Waals surface area contributed by atoms with Gasteiger partial charge in [-0.05, 0) is 24.8 Å². The van der Waals surface area contributed by atoms with Crippen molar-refractivity contribution >= 4 is 11.3 Å². The first-order valence-electron chi connectivity index (χ1n) is 7.23. The maximum Gasteiger partial charge on any atom is 0.425 e. The van der Waals surface area contributed by atoms with Crippen LogP contribution in [0.1, 0.15) is 23.6 Å². The van der Waals surface area contributed by atoms with E-state index >= 15 is 0 Å². The largest absolute Gasteiger partial charge is 0.425 e. The number of nitrogens with zero attached hydrogens (tertiary/aromatic N) is 3. The molecule has 1 aliphatic heterocycles. The summed E-state index contributed by atoms with van der Waals surface area (Å²) in [4.78, 5) is 8.74. The van der Waals surface area contributed by atoms with Crippen molar-refractivity contribution in [2.24, 2.45) is 5.92 Å². The summed E-state index contributed by atoms with van der Waals surface area (Å²) in [5.41, 5.74) is 0.339. The summed E-state index contributed by atoms with van der Waals surface area (Å²) in [7, 11) is 1.65. The van der Waals surface area contributed by atoms with Gasteiger partial charge in [0.05, 0.1) is 7.11 Å². The fourth-order valence-corrected chi connectivity index (χ4v) is 3.36. The highest BCUT2D eigenvalue weighted by molar-refractivity contribution is 7.10. The first kappa shape index (κ1) is 16.4. The van der Waals surface area contributed by atoms with Gasteiger partial charge in [0, 0.05) is 30.5 Å². The van der Waals surface area contributed by atoms with E-state index in [-0.39, 0.29) is 5.82 Å². The molecule has 0 aliphatic carbocycles. The minimum Gasteiger partial charge on any atom is -0.339 e. The van der Waals surface area contributed by atoms with E-state index in [1.165, 1.54) is 5.38 Å². The highest BCUT2D eigenvalue weighted by Crippen LogP contribution is 2.36. The SMILES string of the molecule is CON1CCC(Cc2nc(-c3csc(C(F)(F)F)c3)no2)CC1. The van der Waals surface area contributed by atoms with Crippen molar-refractivity contribution in [3.05, 3.63) is 22.2 Å². The first-order chi connectivity index (χ1) is 11.0. The third-order valence-corrected chi connectivity index (χ3v) is 4.88. The Labute approximate surface area is 135 Å². The van der Waals surface area contributed by atoms with E-state index in [4.69, 9.17) is 9.36 Å². The fraction of sp³-hybridized carbons (Fsp3) is 0.571. The molecule has 126 valence electrons. The molecule has 0 saturated carbocycles. The van der Waals surface area contributed by atoms with E-state index in [9.17, 15) is 13.2 Å². The van der Waals surface area contributed by atoms with Crippen LogP contribution in [0.15, 0.2) is 16.0 Å². The molecule has 0 amide bonds. The Hall–Kier alpha value is -1.45. The van der Waals surface area contributed by atoms with Crippen LogP contribution in [0.4, 0.5) is 13.2 Å². The monoisotopic (exact) mass is 347 g/mol. The van der Waals surface area contributed by atoms with Crippen molar-refractivity contribution in [3.8, 4) is 11.4 Å². The summed E-state index contributed by atoms with van der Waals surface area (Å²) in [5, 5.41) is 7.10. The van der Waals surface area contributed by atoms with Crippen LogP contribution in [-0.2, 0) is 17.4 Å². The summed E-state index contributed by atoms with van der Waals surface area (Å²) < 4.78 is 43.1. The lowest BCUT2D eigenvalue weighted by atomic mass is 9.94. The fourth-order valence-electron chi connectivity index (χ4n) is 2.60. The zero-order valence-electron chi connectivity index (χ0n) is 12.5. The van der Waals surface area contributed by atoms with E-state index in [2.05, 4.69) is 10.1 Å². The quantitative estimate of drug-likeness (QED) is 0.845. The Morgan fingerprint density at radius 1 is 1.39 bits per heavy atom. The van der Waals surface area contributed by atoms with Gasteiger partial charge in [-0.25, -0.2) is 0 Å². The molecule has 3 heterocycles. The number of alkyl halides is 3. The lowest BCUT2D eigenvalue weighted by molar-refractivity contribution is -0.148. The Morgan fingerprint density at radius 2 is 2.13 bits per heavy atom. The summed E-state index contributed by atoms with van der Waals surface area (Å²) in [6.07, 6.45) is -1.78. The van der Waals surface area contributed by atoms with E-state index < -0.39 is 11.1 Å². The number of aromatic nitrogens is 2. The molecule has 0 bridgehead atoms. The van der Waals surface area contributed by atoms with Crippen LogP contribution in [0.5, 0.6) is 0 Å². The highest BCUT2D eigenvalue weighted by Gasteiger charge is 2.33. The molecule has 0 spiro atoms. The minimum atomic E-state index is -4.34. The summed E-state index contributed by atoms with van der Waals surface area (Å²) in [6, 6.07) is 1.05. The molecular weight excluding hydrogens is 331 g/mol. The van der Waals surface area contributed by atoms with Gasteiger partial charge in [0.25, 0.3) is 0 Å². The lowest BCUT2D eigenvalue weighted by Gasteiger charge is -2.29. The molecule has 0 atom stereocenters. The average Bonchev–Trinajstić information content (AvgIpc) is 3.16. The third kappa shape index (κ3) is 3.91. The van der Waals surface area contributed by atoms with Crippen LogP contribution in [0, 0.1) is 5.92 Å². The second kappa shape index (κ2) is 6.58. The highest BCUT2D eigenvalue weighted by atomic mass is 32.1. The van der Waals surface area contributed by atoms with E-state index in [1.54, 1.807) is 7.11 Å². The molecule has 5 nitrogen and oxygen atoms in total. The molecule has 1 aliphatic rings. The topological polar surface area (TPSA) is 51.4 Å². The molecule has 23 heavy (non-hydrogen) atoms. The Balaban J connectivity index is 1.63. The second-order valence-electron chi connectivity index (χ2n) is 5.47. The second-order valence-corrected chi connectivity index (χ2v) is 6.38. The number of piperidine rings is 1. The van der Waals surface area contributed by atoms with Crippen LogP contribution >= 0.6 is 11.3 Å². The van der Waals surface area contributed by atoms with Crippen LogP contribution in [-0.4, -0.2) is 35.4 Å². The molecule has 3 rings (SSSR count). The van der Waals surface area contributed by atoms with E-state index in [0.717, 1.165) is 32.0 Å². The molecule has 9 heteroatoms. The van der Waals surface area contributed by atoms with Crippen molar-refractivity contribution in [2.45, 2.75) is 25.4 Å². The number of hydrogen-bond acceptors (Lipinski definition) is 6. The van der Waals surface area contributed by atoms with Gasteiger partial charge in [-0.2, -0.15) is 23.2 Å². The maximum absolute atomic E-state index is 12.6. The van der Waals surface area contributed by atoms with Crippen LogP contribution in [0.25, 0.3) is 11.4 Å². The molecule has 2 aromatic heterocycles. The first-order valence-corrected chi connectivity index (χ1v) is 8.11. The molecule has 0 aromatic carbocycles. The Morgan fingerprint density at radius 3 is 2.74 bits per heavy atom. The van der Waals surface area contributed by atoms with Crippen molar-refractivity contribution < 1.29 is 22.5 Å². The van der Waals surface area contributed by atoms with Crippen LogP contribution in [0.2, 0.25) is 0 Å². The van der Waals surface area contributed by atoms with Crippen molar-refractivity contribution in [1.29, 1.82) is 0 Å². The number of hydroxylamine groups is 2. The minimum absolute atomic E-state index is 0.209. The van der Waals surface area contributed by atoms with Gasteiger partial charge in [0.1, 0.15) is 4.88 Å². The van der Waals surface area contributed by atoms with Gasteiger partial charge < -0.3 is 9.36 Å². The molecule has 1 saturated heterocycles. The smallest absolute Gasteiger partial charge is 0.339 e. The zero-order valence-corrected chi connectivity index (χ0v) is 13.3. The van der Waals surface area contributed by atoms with Gasteiger partial charge in [-0.1, -0.05) is 5.16 Å². The van der Waals surface area contributed by atoms with Crippen molar-refractivity contribution in [2.75, 3.05) is 20.2 Å². The molecule has 0 unspecified atom stereocenters. The molecule has 0 N–H and O–H groups in total. The van der Waals surface area contributed by atoms with Crippen molar-refractivity contribution in [3.63, 3.8) is 0 Å². The normalized spacial score (nSPS) is 17.7. The molecule has 2 aromatic rings. The van der Waals surface area contributed by atoms with Gasteiger partial charge in [0.15, 0.2) is 0 Å². The zero-order chi connectivity index (χ0) is 16.4. The number of halogens is 3. The summed E-state index contributed by atoms with van der Waals surface area (Å²) in [5.74, 6) is 1.10. The standard InChI is InChI=1S/C14H16F3N3O2S/c1-21-20-4-2-9(3-5-20)6-12-18-13(19-22-12)10-7-11(23-8-10)14(15,16)17/h7-9H,2-6H2,1H3. The maximum atomic E-state index is 12.6. The Bertz CT molecular complexity index is 648. The van der Waals surface area contributed by atoms with Gasteiger partial charge >= 0.3 is 6.18 Å². The van der Waals surface area contributed by atoms with E-state index in [0.29, 0.717) is 35.1 Å². The predicted molar refractivity (Wildman–Crippen MR) is 77.6 cm³/mol. The molecule has 1 fully saturated rings. The predicted octanol–water partition coefficient (Wildman–Crippen LogP) is 3.63. The van der Waals surface area contributed by atoms with Gasteiger partial charge in [-0.3, -0.25) is 0 Å². The number of thiophene rings is 1. The van der Waals surface area contributed by atoms with Gasteiger partial charge in [0.2, 0.25) is 11.7 Å². The summed E-state index contributed by atoms with van der Waals surface area (Å²) in [6.45, 7) is 1.70. The van der Waals surface area contributed by atoms with Gasteiger partial charge in [-0.15, -0.1) is 11.3 Å². The summed E-state index contributed by atoms with van der Waals surface area (Å²) >= 11 is 0.633. The average molecular weight is 347 g/mol. The number of rotatable bonds is 4. The van der Waals surface area contributed by atoms with Crippen LogP contribution < -0.4 is 0 Å². The molecular formula is C14H16F3N3O2S. The molecule has 0 radical (unpaired) electrons. The van der Waals surface area contributed by atoms with Crippen molar-refractivity contribution in [1.82, 2.24) is 15.2 Å². The lowest BCUT2D eigenvalue weighted by Crippen LogP contribution is -2.33. The third-order valence-electron chi connectivity index (χ3n) is 3.90.